The van der Waals surface area contributed by atoms with Crippen LogP contribution in [0.4, 0.5) is 5.69 Å². The van der Waals surface area contributed by atoms with E-state index in [-0.39, 0.29) is 5.91 Å². The van der Waals surface area contributed by atoms with Gasteiger partial charge in [0.05, 0.1) is 29.3 Å². The molecule has 1 aromatic heterocycles. The minimum absolute atomic E-state index is 0.305. The smallest absolute Gasteiger partial charge is 0.274 e. The van der Waals surface area contributed by atoms with Crippen LogP contribution in [-0.2, 0) is 10.9 Å². The lowest BCUT2D eigenvalue weighted by atomic mass is 10.0. The third-order valence-electron chi connectivity index (χ3n) is 5.07. The highest BCUT2D eigenvalue weighted by molar-refractivity contribution is 7.74. The van der Waals surface area contributed by atoms with E-state index in [0.717, 1.165) is 9.87 Å². The second kappa shape index (κ2) is 8.45. The highest BCUT2D eigenvalue weighted by Gasteiger charge is 2.35. The number of furan rings is 1. The predicted octanol–water partition coefficient (Wildman–Crippen LogP) is 3.11. The third kappa shape index (κ3) is 4.06. The monoisotopic (exact) mass is 434 g/mol. The average molecular weight is 434 g/mol. The van der Waals surface area contributed by atoms with E-state index in [9.17, 15) is 13.2 Å². The molecule has 0 radical (unpaired) electrons. The highest BCUT2D eigenvalue weighted by atomic mass is 32.2. The molecular formula is C22H18N4O4S. The van der Waals surface area contributed by atoms with Crippen LogP contribution in [0.3, 0.4) is 0 Å². The molecule has 0 aliphatic carbocycles. The molecular weight excluding hydrogens is 416 g/mol. The number of rotatable bonds is 5. The Morgan fingerprint density at radius 2 is 1.87 bits per heavy atom. The van der Waals surface area contributed by atoms with Crippen LogP contribution < -0.4 is 4.31 Å². The van der Waals surface area contributed by atoms with Gasteiger partial charge in [0.2, 0.25) is 10.9 Å². The fourth-order valence-electron chi connectivity index (χ4n) is 3.36. The van der Waals surface area contributed by atoms with Gasteiger partial charge in [0.1, 0.15) is 11.8 Å². The SMILES string of the molecule is CN(c1ccc(C2=NN(C(=O)c3ccc(C#N)cc3)C(c3ccco3)C2)cc1)[SH](=O)=O. The first kappa shape index (κ1) is 20.4. The zero-order chi connectivity index (χ0) is 22.0. The number of hydrazone groups is 1. The molecule has 1 unspecified atom stereocenters. The summed E-state index contributed by atoms with van der Waals surface area (Å²) in [5.74, 6) is 0.307. The van der Waals surface area contributed by atoms with Crippen molar-refractivity contribution in [2.45, 2.75) is 12.5 Å². The molecule has 2 aromatic carbocycles. The minimum Gasteiger partial charge on any atom is -0.467 e. The Hall–Kier alpha value is -3.90. The summed E-state index contributed by atoms with van der Waals surface area (Å²) in [5.41, 5.74) is 2.88. The van der Waals surface area contributed by atoms with E-state index in [1.165, 1.54) is 12.1 Å². The molecule has 0 saturated heterocycles. The lowest BCUT2D eigenvalue weighted by Gasteiger charge is -2.19. The van der Waals surface area contributed by atoms with Crippen molar-refractivity contribution in [2.24, 2.45) is 5.10 Å². The predicted molar refractivity (Wildman–Crippen MR) is 115 cm³/mol. The van der Waals surface area contributed by atoms with Crippen LogP contribution in [0.25, 0.3) is 0 Å². The van der Waals surface area contributed by atoms with Gasteiger partial charge in [-0.15, -0.1) is 0 Å². The molecule has 2 heterocycles. The van der Waals surface area contributed by atoms with Crippen molar-refractivity contribution in [1.82, 2.24) is 5.01 Å². The van der Waals surface area contributed by atoms with E-state index in [1.807, 2.05) is 6.07 Å². The van der Waals surface area contributed by atoms with Crippen molar-refractivity contribution in [3.8, 4) is 6.07 Å². The van der Waals surface area contributed by atoms with Crippen molar-refractivity contribution >= 4 is 28.2 Å². The van der Waals surface area contributed by atoms with E-state index in [4.69, 9.17) is 9.68 Å². The van der Waals surface area contributed by atoms with Crippen LogP contribution in [0.1, 0.15) is 39.7 Å². The zero-order valence-corrected chi connectivity index (χ0v) is 17.4. The van der Waals surface area contributed by atoms with Gasteiger partial charge in [0.25, 0.3) is 5.91 Å². The summed E-state index contributed by atoms with van der Waals surface area (Å²) in [4.78, 5) is 13.2. The second-order valence-corrected chi connectivity index (χ2v) is 8.00. The Balaban J connectivity index is 1.66. The maximum Gasteiger partial charge on any atom is 0.274 e. The Morgan fingerprint density at radius 1 is 1.16 bits per heavy atom. The second-order valence-electron chi connectivity index (χ2n) is 6.93. The molecule has 156 valence electrons. The topological polar surface area (TPSA) is 107 Å². The van der Waals surface area contributed by atoms with Gasteiger partial charge in [-0.1, -0.05) is 12.1 Å². The molecule has 0 fully saturated rings. The summed E-state index contributed by atoms with van der Waals surface area (Å²) < 4.78 is 29.1. The van der Waals surface area contributed by atoms with Gasteiger partial charge in [0, 0.05) is 19.0 Å². The van der Waals surface area contributed by atoms with Crippen molar-refractivity contribution in [3.63, 3.8) is 0 Å². The molecule has 1 aliphatic heterocycles. The van der Waals surface area contributed by atoms with E-state index < -0.39 is 16.9 Å². The standard InChI is InChI=1S/C22H18N4O4S/c1-25(31(28)29)18-10-8-16(9-11-18)19-13-20(21-3-2-12-30-21)26(24-19)22(27)17-6-4-15(14-23)5-7-17/h2-12,20,31H,13H2,1H3. The Morgan fingerprint density at radius 3 is 2.45 bits per heavy atom. The van der Waals surface area contributed by atoms with Gasteiger partial charge in [-0.2, -0.15) is 10.4 Å². The number of amides is 1. The Bertz CT molecular complexity index is 1230. The molecule has 1 aliphatic rings. The lowest BCUT2D eigenvalue weighted by molar-refractivity contribution is 0.0693. The van der Waals surface area contributed by atoms with Crippen LogP contribution in [0.15, 0.2) is 76.4 Å². The van der Waals surface area contributed by atoms with E-state index >= 15 is 0 Å². The number of anilines is 1. The fraction of sp³-hybridized carbons (Fsp3) is 0.136. The van der Waals surface area contributed by atoms with E-state index in [0.29, 0.717) is 34.7 Å². The molecule has 1 atom stereocenters. The normalized spacial score (nSPS) is 15.6. The number of benzene rings is 2. The number of hydrogen-bond acceptors (Lipinski definition) is 6. The zero-order valence-electron chi connectivity index (χ0n) is 16.5. The lowest BCUT2D eigenvalue weighted by Crippen LogP contribution is -2.26. The van der Waals surface area contributed by atoms with Crippen LogP contribution in [0, 0.1) is 11.3 Å². The molecule has 0 saturated carbocycles. The Kier molecular flexibility index (Phi) is 5.56. The maximum absolute atomic E-state index is 13.2. The van der Waals surface area contributed by atoms with Crippen LogP contribution in [0.5, 0.6) is 0 Å². The summed E-state index contributed by atoms with van der Waals surface area (Å²) in [7, 11) is -1.25. The van der Waals surface area contributed by atoms with Gasteiger partial charge < -0.3 is 4.42 Å². The summed E-state index contributed by atoms with van der Waals surface area (Å²) >= 11 is 0. The Labute approximate surface area is 180 Å². The number of carbonyl (C=O) groups excluding carboxylic acids is 1. The molecule has 0 N–H and O–H groups in total. The van der Waals surface area contributed by atoms with Gasteiger partial charge in [-0.25, -0.2) is 13.4 Å². The average Bonchev–Trinajstić information content (AvgIpc) is 3.48. The van der Waals surface area contributed by atoms with Crippen LogP contribution in [0.2, 0.25) is 0 Å². The number of carbonyl (C=O) groups is 1. The quantitative estimate of drug-likeness (QED) is 0.621. The number of nitrogens with zero attached hydrogens (tertiary/aromatic N) is 4. The number of thiol groups is 1. The maximum atomic E-state index is 13.2. The summed E-state index contributed by atoms with van der Waals surface area (Å²) in [6, 6.07) is 18.5. The van der Waals surface area contributed by atoms with Crippen LogP contribution in [-0.4, -0.2) is 32.1 Å². The molecule has 3 aromatic rings. The molecule has 9 heteroatoms. The first-order valence-corrected chi connectivity index (χ1v) is 10.5. The first-order chi connectivity index (χ1) is 15.0. The molecule has 31 heavy (non-hydrogen) atoms. The minimum atomic E-state index is -2.72. The van der Waals surface area contributed by atoms with Gasteiger partial charge in [-0.05, 0) is 54.1 Å². The summed E-state index contributed by atoms with van der Waals surface area (Å²) in [6.07, 6.45) is 1.99. The van der Waals surface area contributed by atoms with Crippen LogP contribution >= 0.6 is 0 Å². The van der Waals surface area contributed by atoms with Crippen molar-refractivity contribution < 1.29 is 17.6 Å². The number of nitriles is 1. The summed E-state index contributed by atoms with van der Waals surface area (Å²) in [6.45, 7) is 0. The van der Waals surface area contributed by atoms with Gasteiger partial charge >= 0.3 is 0 Å². The first-order valence-electron chi connectivity index (χ1n) is 9.41. The number of hydrogen-bond donors (Lipinski definition) is 1. The molecule has 0 bridgehead atoms. The van der Waals surface area contributed by atoms with Crippen molar-refractivity contribution in [2.75, 3.05) is 11.4 Å². The third-order valence-corrected chi connectivity index (χ3v) is 5.79. The molecule has 0 spiro atoms. The van der Waals surface area contributed by atoms with Gasteiger partial charge in [-0.3, -0.25) is 9.10 Å². The molecule has 4 rings (SSSR count). The summed E-state index contributed by atoms with van der Waals surface area (Å²) in [5, 5.41) is 14.9. The molecule has 8 nitrogen and oxygen atoms in total. The van der Waals surface area contributed by atoms with E-state index in [2.05, 4.69) is 5.10 Å². The van der Waals surface area contributed by atoms with Crippen molar-refractivity contribution in [1.29, 1.82) is 5.26 Å². The fourth-order valence-corrected chi connectivity index (χ4v) is 3.68. The largest absolute Gasteiger partial charge is 0.467 e. The van der Waals surface area contributed by atoms with E-state index in [1.54, 1.807) is 66.9 Å². The highest BCUT2D eigenvalue weighted by Crippen LogP contribution is 2.34. The molecule has 1 amide bonds. The van der Waals surface area contributed by atoms with Crippen molar-refractivity contribution in [3.05, 3.63) is 89.4 Å². The van der Waals surface area contributed by atoms with Gasteiger partial charge in [0.15, 0.2) is 0 Å².